The second kappa shape index (κ2) is 8.63. The first-order valence-corrected chi connectivity index (χ1v) is 10.5. The lowest BCUT2D eigenvalue weighted by atomic mass is 10.0. The number of fused-ring (bicyclic) bond motifs is 1. The van der Waals surface area contributed by atoms with Crippen LogP contribution in [0, 0.1) is 0 Å². The van der Waals surface area contributed by atoms with Crippen molar-refractivity contribution in [1.82, 2.24) is 0 Å². The summed E-state index contributed by atoms with van der Waals surface area (Å²) >= 11 is 1.48. The molecule has 0 saturated carbocycles. The highest BCUT2D eigenvalue weighted by Gasteiger charge is 2.20. The van der Waals surface area contributed by atoms with Crippen LogP contribution < -0.4 is 4.74 Å². The lowest BCUT2D eigenvalue weighted by Crippen LogP contribution is -1.94. The number of hydrogen-bond acceptors (Lipinski definition) is 5. The molecular weight excluding hydrogens is 412 g/mol. The number of ether oxygens (including phenoxy) is 1. The van der Waals surface area contributed by atoms with Crippen LogP contribution in [0.1, 0.15) is 24.2 Å². The zero-order valence-electron chi connectivity index (χ0n) is 16.6. The summed E-state index contributed by atoms with van der Waals surface area (Å²) in [5.74, 6) is 0.401. The highest BCUT2D eigenvalue weighted by Crippen LogP contribution is 2.48. The Morgan fingerprint density at radius 1 is 1.06 bits per heavy atom. The van der Waals surface area contributed by atoms with Gasteiger partial charge in [-0.1, -0.05) is 36.4 Å². The average Bonchev–Trinajstić information content (AvgIpc) is 3.10. The Kier molecular flexibility index (Phi) is 5.75. The number of aromatic hydroxyl groups is 1. The van der Waals surface area contributed by atoms with Crippen LogP contribution in [-0.4, -0.2) is 21.3 Å². The first-order valence-electron chi connectivity index (χ1n) is 9.64. The number of thiophene rings is 1. The van der Waals surface area contributed by atoms with Gasteiger partial charge in [0.1, 0.15) is 11.5 Å². The minimum Gasteiger partial charge on any atom is -0.508 e. The van der Waals surface area contributed by atoms with E-state index in [9.17, 15) is 15.0 Å². The van der Waals surface area contributed by atoms with Gasteiger partial charge in [0.2, 0.25) is 0 Å². The Morgan fingerprint density at radius 3 is 2.52 bits per heavy atom. The summed E-state index contributed by atoms with van der Waals surface area (Å²) in [4.78, 5) is 11.6. The molecule has 0 unspecified atom stereocenters. The number of aliphatic carboxylic acids is 1. The molecule has 0 aliphatic rings. The summed E-state index contributed by atoms with van der Waals surface area (Å²) in [5.41, 5.74) is 2.40. The van der Waals surface area contributed by atoms with Crippen LogP contribution in [0.5, 0.6) is 17.2 Å². The topological polar surface area (TPSA) is 87.0 Å². The molecule has 0 aliphatic heterocycles. The zero-order valence-corrected chi connectivity index (χ0v) is 17.5. The number of carboxylic acids is 1. The summed E-state index contributed by atoms with van der Waals surface area (Å²) in [5, 5.41) is 29.8. The van der Waals surface area contributed by atoms with E-state index >= 15 is 0 Å². The molecule has 0 aliphatic carbocycles. The Balaban J connectivity index is 1.80. The van der Waals surface area contributed by atoms with E-state index in [-0.39, 0.29) is 5.75 Å². The van der Waals surface area contributed by atoms with Crippen LogP contribution in [0.15, 0.2) is 72.8 Å². The molecule has 0 radical (unpaired) electrons. The van der Waals surface area contributed by atoms with Gasteiger partial charge in [-0.25, -0.2) is 4.79 Å². The van der Waals surface area contributed by atoms with Gasteiger partial charge in [-0.05, 0) is 54.5 Å². The molecule has 6 heteroatoms. The quantitative estimate of drug-likeness (QED) is 0.315. The van der Waals surface area contributed by atoms with E-state index < -0.39 is 12.1 Å². The van der Waals surface area contributed by atoms with Crippen molar-refractivity contribution in [2.75, 3.05) is 0 Å². The van der Waals surface area contributed by atoms with Gasteiger partial charge >= 0.3 is 5.97 Å². The molecule has 0 saturated heterocycles. The number of aliphatic hydroxyl groups is 1. The summed E-state index contributed by atoms with van der Waals surface area (Å²) in [6.07, 6.45) is 1.95. The molecule has 1 aromatic heterocycles. The van der Waals surface area contributed by atoms with E-state index in [0.717, 1.165) is 37.7 Å². The molecule has 5 nitrogen and oxygen atoms in total. The van der Waals surface area contributed by atoms with Gasteiger partial charge in [0.25, 0.3) is 0 Å². The Hall–Kier alpha value is -3.61. The van der Waals surface area contributed by atoms with Crippen molar-refractivity contribution in [3.05, 3.63) is 83.9 Å². The maximum atomic E-state index is 10.7. The summed E-state index contributed by atoms with van der Waals surface area (Å²) in [7, 11) is 0. The molecule has 156 valence electrons. The van der Waals surface area contributed by atoms with Crippen molar-refractivity contribution in [1.29, 1.82) is 0 Å². The normalized spacial score (nSPS) is 12.3. The number of carbonyl (C=O) groups is 1. The lowest BCUT2D eigenvalue weighted by molar-refractivity contribution is -0.131. The Bertz CT molecular complexity index is 1270. The predicted octanol–water partition coefficient (Wildman–Crippen LogP) is 6.22. The van der Waals surface area contributed by atoms with E-state index in [0.29, 0.717) is 11.5 Å². The van der Waals surface area contributed by atoms with E-state index in [4.69, 9.17) is 9.84 Å². The van der Waals surface area contributed by atoms with Gasteiger partial charge in [0.05, 0.1) is 11.0 Å². The predicted molar refractivity (Wildman–Crippen MR) is 123 cm³/mol. The first-order chi connectivity index (χ1) is 14.9. The van der Waals surface area contributed by atoms with Crippen LogP contribution in [0.2, 0.25) is 0 Å². The molecule has 0 fully saturated rings. The van der Waals surface area contributed by atoms with Crippen LogP contribution in [0.25, 0.3) is 26.6 Å². The minimum absolute atomic E-state index is 0.172. The standard InChI is InChI=1S/C25H20O5S/c1-15(26)19-4-2-3-5-20(19)25-24(21-12-9-17(27)14-22(21)31-25)30-18-10-6-16(7-11-18)8-13-23(28)29/h2-15,26-27H,1H3,(H,28,29)/t15-/m0/s1. The molecule has 4 rings (SSSR count). The maximum absolute atomic E-state index is 10.7. The zero-order chi connectivity index (χ0) is 22.0. The fraction of sp³-hybridized carbons (Fsp3) is 0.0800. The van der Waals surface area contributed by atoms with Crippen LogP contribution >= 0.6 is 11.3 Å². The largest absolute Gasteiger partial charge is 0.508 e. The Morgan fingerprint density at radius 2 is 1.81 bits per heavy atom. The number of phenols is 1. The van der Waals surface area contributed by atoms with Crippen molar-refractivity contribution < 1.29 is 24.9 Å². The highest BCUT2D eigenvalue weighted by atomic mass is 32.1. The van der Waals surface area contributed by atoms with Gasteiger partial charge in [-0.2, -0.15) is 0 Å². The van der Waals surface area contributed by atoms with E-state index in [1.54, 1.807) is 43.3 Å². The number of phenolic OH excluding ortho intramolecular Hbond substituents is 1. The molecule has 1 atom stereocenters. The molecule has 1 heterocycles. The van der Waals surface area contributed by atoms with E-state index in [1.165, 1.54) is 17.4 Å². The number of aliphatic hydroxyl groups excluding tert-OH is 1. The number of hydrogen-bond donors (Lipinski definition) is 3. The van der Waals surface area contributed by atoms with Crippen molar-refractivity contribution in [3.63, 3.8) is 0 Å². The first kappa shape index (κ1) is 20.7. The van der Waals surface area contributed by atoms with Gasteiger partial charge in [-0.15, -0.1) is 11.3 Å². The second-order valence-corrected chi connectivity index (χ2v) is 8.10. The number of carboxylic acid groups (broad SMARTS) is 1. The fourth-order valence-corrected chi connectivity index (χ4v) is 4.55. The van der Waals surface area contributed by atoms with Crippen molar-refractivity contribution in [2.45, 2.75) is 13.0 Å². The third-order valence-electron chi connectivity index (χ3n) is 4.80. The third kappa shape index (κ3) is 4.45. The number of benzene rings is 3. The van der Waals surface area contributed by atoms with Gasteiger partial charge in [0.15, 0.2) is 5.75 Å². The van der Waals surface area contributed by atoms with Gasteiger partial charge in [0, 0.05) is 21.7 Å². The van der Waals surface area contributed by atoms with Gasteiger partial charge in [-0.3, -0.25) is 0 Å². The smallest absolute Gasteiger partial charge is 0.328 e. The molecule has 3 N–H and O–H groups in total. The highest BCUT2D eigenvalue weighted by molar-refractivity contribution is 7.22. The maximum Gasteiger partial charge on any atom is 0.328 e. The summed E-state index contributed by atoms with van der Waals surface area (Å²) in [6.45, 7) is 1.72. The molecule has 0 amide bonds. The summed E-state index contributed by atoms with van der Waals surface area (Å²) < 4.78 is 7.15. The van der Waals surface area contributed by atoms with E-state index in [1.807, 2.05) is 30.3 Å². The minimum atomic E-state index is -1.00. The SMILES string of the molecule is C[C@H](O)c1ccccc1-c1sc2cc(O)ccc2c1Oc1ccc(C=CC(=O)O)cc1. The lowest BCUT2D eigenvalue weighted by Gasteiger charge is -2.13. The second-order valence-electron chi connectivity index (χ2n) is 7.05. The van der Waals surface area contributed by atoms with Crippen molar-refractivity contribution in [3.8, 4) is 27.7 Å². The molecule has 0 bridgehead atoms. The van der Waals surface area contributed by atoms with Crippen LogP contribution in [0.4, 0.5) is 0 Å². The third-order valence-corrected chi connectivity index (χ3v) is 5.97. The monoisotopic (exact) mass is 432 g/mol. The average molecular weight is 432 g/mol. The molecule has 4 aromatic rings. The molecule has 0 spiro atoms. The Labute approximate surface area is 183 Å². The van der Waals surface area contributed by atoms with Crippen molar-refractivity contribution >= 4 is 33.5 Å². The fourth-order valence-electron chi connectivity index (χ4n) is 3.34. The number of rotatable bonds is 6. The van der Waals surface area contributed by atoms with Crippen LogP contribution in [0.3, 0.4) is 0 Å². The summed E-state index contributed by atoms with van der Waals surface area (Å²) in [6, 6.07) is 19.9. The molecular formula is C25H20O5S. The van der Waals surface area contributed by atoms with Crippen molar-refractivity contribution in [2.24, 2.45) is 0 Å². The molecule has 3 aromatic carbocycles. The molecule has 31 heavy (non-hydrogen) atoms. The van der Waals surface area contributed by atoms with E-state index in [2.05, 4.69) is 0 Å². The van der Waals surface area contributed by atoms with Gasteiger partial charge < -0.3 is 20.1 Å². The van der Waals surface area contributed by atoms with Crippen LogP contribution in [-0.2, 0) is 4.79 Å².